The van der Waals surface area contributed by atoms with Gasteiger partial charge in [-0.15, -0.1) is 0 Å². The Hall–Kier alpha value is -5.60. The molecule has 14 N–H and O–H groups in total. The molecule has 294 valence electrons. The molecule has 0 saturated heterocycles. The third-order valence-corrected chi connectivity index (χ3v) is 3.66. The largest absolute Gasteiger partial charge is 0.478 e. The number of carboxylic acids is 8. The van der Waals surface area contributed by atoms with Gasteiger partial charge in [0.1, 0.15) is 0 Å². The fraction of sp³-hybridized carbons (Fsp3) is 0.407. The lowest BCUT2D eigenvalue weighted by atomic mass is 9.93. The van der Waals surface area contributed by atoms with Crippen molar-refractivity contribution in [1.82, 2.24) is 0 Å². The van der Waals surface area contributed by atoms with Crippen LogP contribution >= 0.6 is 0 Å². The molecule has 0 aromatic heterocycles. The smallest absolute Gasteiger partial charge is 0.328 e. The second-order valence-electron chi connectivity index (χ2n) is 7.84. The third kappa shape index (κ3) is 71.6. The molecule has 0 radical (unpaired) electrons. The number of aliphatic hydroxyl groups excluding tert-OH is 6. The van der Waals surface area contributed by atoms with Crippen LogP contribution in [0.4, 0.5) is 0 Å². The number of hydrogen-bond donors (Lipinski definition) is 14. The van der Waals surface area contributed by atoms with Crippen LogP contribution in [0.1, 0.15) is 0 Å². The topological polar surface area (TPSA) is 438 Å². The molecule has 0 aromatic rings. The number of carbonyl (C=O) groups is 8. The summed E-state index contributed by atoms with van der Waals surface area (Å²) < 4.78 is 9.75. The SMILES string of the molecule is O=C(O)/C=C\C(=O)O.O=C(O)/C=C\C(=O)O.O=C(O)/C=C\C(=O)O.O=C(O)/C=C\C(=O)O.OCC(CO)(CO)CO.OCCOCCOCCO. The number of ether oxygens (including phenoxy) is 2. The summed E-state index contributed by atoms with van der Waals surface area (Å²) in [6.07, 6.45) is 4.46. The molecular weight excluding hydrogens is 708 g/mol. The summed E-state index contributed by atoms with van der Waals surface area (Å²) in [4.78, 5) is 76.4. The Bertz CT molecular complexity index is 877. The molecule has 0 aliphatic heterocycles. The number of aliphatic hydroxyl groups is 6. The van der Waals surface area contributed by atoms with Crippen LogP contribution in [0.5, 0.6) is 0 Å². The van der Waals surface area contributed by atoms with Crippen molar-refractivity contribution in [3.63, 3.8) is 0 Å². The predicted molar refractivity (Wildman–Crippen MR) is 164 cm³/mol. The molecule has 0 rings (SSSR count). The molecule has 0 unspecified atom stereocenters. The van der Waals surface area contributed by atoms with Gasteiger partial charge in [-0.3, -0.25) is 0 Å². The maximum Gasteiger partial charge on any atom is 0.328 e. The molecule has 0 amide bonds. The molecule has 0 fully saturated rings. The van der Waals surface area contributed by atoms with E-state index in [1.165, 1.54) is 0 Å². The number of rotatable bonds is 19. The lowest BCUT2D eigenvalue weighted by Gasteiger charge is -2.23. The minimum atomic E-state index is -1.26. The maximum absolute atomic E-state index is 9.55. The van der Waals surface area contributed by atoms with Crippen LogP contribution in [-0.2, 0) is 47.8 Å². The summed E-state index contributed by atoms with van der Waals surface area (Å²) in [6.45, 7) is 0.103. The van der Waals surface area contributed by atoms with Crippen molar-refractivity contribution in [3.8, 4) is 0 Å². The van der Waals surface area contributed by atoms with Gasteiger partial charge in [-0.1, -0.05) is 0 Å². The lowest BCUT2D eigenvalue weighted by Crippen LogP contribution is -2.37. The van der Waals surface area contributed by atoms with Crippen molar-refractivity contribution in [2.24, 2.45) is 5.41 Å². The van der Waals surface area contributed by atoms with Crippen molar-refractivity contribution >= 4 is 47.8 Å². The van der Waals surface area contributed by atoms with E-state index in [9.17, 15) is 38.4 Å². The molecule has 0 aromatic carbocycles. The van der Waals surface area contributed by atoms with E-state index in [0.717, 1.165) is 0 Å². The van der Waals surface area contributed by atoms with Crippen molar-refractivity contribution in [2.75, 3.05) is 66.1 Å². The van der Waals surface area contributed by atoms with Crippen LogP contribution in [0.25, 0.3) is 0 Å². The molecule has 0 saturated carbocycles. The van der Waals surface area contributed by atoms with E-state index in [1.54, 1.807) is 0 Å². The van der Waals surface area contributed by atoms with E-state index in [2.05, 4.69) is 0 Å². The van der Waals surface area contributed by atoms with Gasteiger partial charge in [0, 0.05) is 48.6 Å². The third-order valence-electron chi connectivity index (χ3n) is 3.66. The summed E-state index contributed by atoms with van der Waals surface area (Å²) in [6, 6.07) is 0. The molecule has 51 heavy (non-hydrogen) atoms. The fourth-order valence-electron chi connectivity index (χ4n) is 1.32. The minimum absolute atomic E-state index is 0.0417. The van der Waals surface area contributed by atoms with E-state index in [0.29, 0.717) is 75.0 Å². The van der Waals surface area contributed by atoms with Crippen molar-refractivity contribution in [2.45, 2.75) is 0 Å². The average molecular weight is 751 g/mol. The number of carboxylic acid groups (broad SMARTS) is 8. The van der Waals surface area contributed by atoms with E-state index >= 15 is 0 Å². The Morgan fingerprint density at radius 1 is 0.333 bits per heavy atom. The first-order chi connectivity index (χ1) is 23.7. The van der Waals surface area contributed by atoms with Gasteiger partial charge in [0.05, 0.1) is 71.5 Å². The van der Waals surface area contributed by atoms with E-state index < -0.39 is 79.6 Å². The van der Waals surface area contributed by atoms with Crippen LogP contribution in [0.3, 0.4) is 0 Å². The second kappa shape index (κ2) is 42.4. The number of aliphatic carboxylic acids is 8. The molecule has 0 aliphatic rings. The molecule has 24 nitrogen and oxygen atoms in total. The zero-order chi connectivity index (χ0) is 41.3. The van der Waals surface area contributed by atoms with Crippen LogP contribution in [0, 0.1) is 5.41 Å². The fourth-order valence-corrected chi connectivity index (χ4v) is 1.32. The normalized spacial score (nSPS) is 10.1. The van der Waals surface area contributed by atoms with Gasteiger partial charge >= 0.3 is 47.8 Å². The van der Waals surface area contributed by atoms with Crippen molar-refractivity contribution in [3.05, 3.63) is 48.6 Å². The second-order valence-corrected chi connectivity index (χ2v) is 7.84. The van der Waals surface area contributed by atoms with E-state index in [1.807, 2.05) is 0 Å². The van der Waals surface area contributed by atoms with E-state index in [-0.39, 0.29) is 13.2 Å². The Labute approximate surface area is 287 Å². The highest BCUT2D eigenvalue weighted by molar-refractivity contribution is 5.91. The van der Waals surface area contributed by atoms with Crippen LogP contribution in [0.15, 0.2) is 48.6 Å². The van der Waals surface area contributed by atoms with Gasteiger partial charge in [0.15, 0.2) is 0 Å². The molecule has 0 aliphatic carbocycles. The standard InChI is InChI=1S/C6H14O4.C5H12O4.4C4H4O4/c7-1-3-9-5-6-10-4-2-8;6-1-5(2-7,3-8)4-9;4*5-3(6)1-2-4(7)8/h7-8H,1-6H2;6-9H,1-4H2;4*1-2H,(H,5,6)(H,7,8)/b;;4*2-1-. The first kappa shape index (κ1) is 57.7. The Morgan fingerprint density at radius 2 is 0.490 bits per heavy atom. The lowest BCUT2D eigenvalue weighted by molar-refractivity contribution is -0.134. The summed E-state index contributed by atoms with van der Waals surface area (Å²) in [5.74, 6) is -10.1. The molecule has 0 atom stereocenters. The zero-order valence-electron chi connectivity index (χ0n) is 26.5. The monoisotopic (exact) mass is 750 g/mol. The van der Waals surface area contributed by atoms with Gasteiger partial charge < -0.3 is 81.0 Å². The van der Waals surface area contributed by atoms with Crippen LogP contribution in [-0.4, -0.2) is 185 Å². The van der Waals surface area contributed by atoms with Gasteiger partial charge in [-0.05, 0) is 0 Å². The predicted octanol–water partition coefficient (Wildman–Crippen LogP) is -4.21. The molecule has 24 heteroatoms. The Balaban J connectivity index is -0.000000119. The minimum Gasteiger partial charge on any atom is -0.478 e. The highest BCUT2D eigenvalue weighted by Crippen LogP contribution is 2.11. The maximum atomic E-state index is 9.55. The Kier molecular flexibility index (Phi) is 48.0. The van der Waals surface area contributed by atoms with Gasteiger partial charge in [0.2, 0.25) is 0 Å². The van der Waals surface area contributed by atoms with Gasteiger partial charge in [-0.2, -0.15) is 0 Å². The van der Waals surface area contributed by atoms with Crippen LogP contribution < -0.4 is 0 Å². The Morgan fingerprint density at radius 3 is 0.569 bits per heavy atom. The van der Waals surface area contributed by atoms with E-state index in [4.69, 9.17) is 81.0 Å². The van der Waals surface area contributed by atoms with Gasteiger partial charge in [0.25, 0.3) is 0 Å². The van der Waals surface area contributed by atoms with Crippen LogP contribution in [0.2, 0.25) is 0 Å². The molecule has 0 heterocycles. The first-order valence-corrected chi connectivity index (χ1v) is 13.0. The molecular formula is C27H42O24. The summed E-state index contributed by atoms with van der Waals surface area (Å²) in [7, 11) is 0. The summed E-state index contributed by atoms with van der Waals surface area (Å²) >= 11 is 0. The first-order valence-electron chi connectivity index (χ1n) is 13.0. The summed E-state index contributed by atoms with van der Waals surface area (Å²) in [5, 5.41) is 113. The highest BCUT2D eigenvalue weighted by atomic mass is 16.5. The average Bonchev–Trinajstić information content (AvgIpc) is 3.05. The summed E-state index contributed by atoms with van der Waals surface area (Å²) in [5.41, 5.74) is -1.11. The van der Waals surface area contributed by atoms with Gasteiger partial charge in [-0.25, -0.2) is 38.4 Å². The molecule has 0 spiro atoms. The zero-order valence-corrected chi connectivity index (χ0v) is 26.5. The number of hydrogen-bond acceptors (Lipinski definition) is 16. The molecule has 0 bridgehead atoms. The highest BCUT2D eigenvalue weighted by Gasteiger charge is 2.26. The quantitative estimate of drug-likeness (QED) is 0.0439. The van der Waals surface area contributed by atoms with Crippen molar-refractivity contribution in [1.29, 1.82) is 0 Å². The van der Waals surface area contributed by atoms with Crippen molar-refractivity contribution < 1.29 is 119 Å².